The number of amides is 5. The summed E-state index contributed by atoms with van der Waals surface area (Å²) in [6.45, 7) is 0.223. The Balaban J connectivity index is 1.87. The number of anilines is 1. The zero-order valence-corrected chi connectivity index (χ0v) is 12.5. The molecule has 0 saturated carbocycles. The average molecular weight is 316 g/mol. The predicted molar refractivity (Wildman–Crippen MR) is 80.6 cm³/mol. The molecule has 3 N–H and O–H groups in total. The molecule has 23 heavy (non-hydrogen) atoms. The fourth-order valence-corrected chi connectivity index (χ4v) is 2.89. The van der Waals surface area contributed by atoms with E-state index >= 15 is 0 Å². The second-order valence-electron chi connectivity index (χ2n) is 5.44. The van der Waals surface area contributed by atoms with E-state index in [2.05, 4.69) is 16.0 Å². The minimum Gasteiger partial charge on any atom is -0.341 e. The van der Waals surface area contributed by atoms with Gasteiger partial charge in [0.2, 0.25) is 11.8 Å². The van der Waals surface area contributed by atoms with E-state index < -0.39 is 11.9 Å². The SMILES string of the molecule is CNC(=O)Nc1cccc2c1CN(C1CCC(=O)NC1=O)C2=O. The van der Waals surface area contributed by atoms with E-state index in [4.69, 9.17) is 0 Å². The molecule has 1 aromatic rings. The average Bonchev–Trinajstić information content (AvgIpc) is 2.86. The highest BCUT2D eigenvalue weighted by Crippen LogP contribution is 2.32. The monoisotopic (exact) mass is 316 g/mol. The molecule has 0 radical (unpaired) electrons. The number of carbonyl (C=O) groups excluding carboxylic acids is 4. The molecule has 0 bridgehead atoms. The Hall–Kier alpha value is -2.90. The fourth-order valence-electron chi connectivity index (χ4n) is 2.89. The Morgan fingerprint density at radius 3 is 2.78 bits per heavy atom. The summed E-state index contributed by atoms with van der Waals surface area (Å²) in [6, 6.07) is 4.00. The third kappa shape index (κ3) is 2.63. The summed E-state index contributed by atoms with van der Waals surface area (Å²) in [5.74, 6) is -1.05. The lowest BCUT2D eigenvalue weighted by Gasteiger charge is -2.29. The molecule has 120 valence electrons. The lowest BCUT2D eigenvalue weighted by molar-refractivity contribution is -0.136. The van der Waals surface area contributed by atoms with Crippen LogP contribution in [0.3, 0.4) is 0 Å². The standard InChI is InChI=1S/C15H16N4O4/c1-16-15(23)17-10-4-2-3-8-9(10)7-19(14(8)22)11-5-6-12(20)18-13(11)21/h2-4,11H,5-7H2,1H3,(H2,16,17,23)(H,18,20,21). The molecule has 5 amide bonds. The van der Waals surface area contributed by atoms with Crippen molar-refractivity contribution in [1.29, 1.82) is 0 Å². The van der Waals surface area contributed by atoms with Crippen LogP contribution in [0, 0.1) is 0 Å². The zero-order chi connectivity index (χ0) is 16.6. The number of piperidine rings is 1. The number of urea groups is 1. The molecule has 1 fully saturated rings. The Morgan fingerprint density at radius 1 is 1.30 bits per heavy atom. The van der Waals surface area contributed by atoms with Crippen LogP contribution >= 0.6 is 0 Å². The van der Waals surface area contributed by atoms with Gasteiger partial charge in [-0.15, -0.1) is 0 Å². The number of hydrogen-bond acceptors (Lipinski definition) is 4. The van der Waals surface area contributed by atoms with Gasteiger partial charge in [0.25, 0.3) is 5.91 Å². The molecule has 3 rings (SSSR count). The second kappa shape index (κ2) is 5.71. The topological polar surface area (TPSA) is 108 Å². The molecule has 0 spiro atoms. The van der Waals surface area contributed by atoms with Crippen molar-refractivity contribution in [2.24, 2.45) is 0 Å². The van der Waals surface area contributed by atoms with Crippen molar-refractivity contribution in [3.05, 3.63) is 29.3 Å². The van der Waals surface area contributed by atoms with Crippen molar-refractivity contribution in [2.45, 2.75) is 25.4 Å². The summed E-state index contributed by atoms with van der Waals surface area (Å²) in [6.07, 6.45) is 0.516. The number of fused-ring (bicyclic) bond motifs is 1. The van der Waals surface area contributed by atoms with E-state index in [-0.39, 0.29) is 30.8 Å². The van der Waals surface area contributed by atoms with Gasteiger partial charge in [-0.2, -0.15) is 0 Å². The van der Waals surface area contributed by atoms with Gasteiger partial charge >= 0.3 is 6.03 Å². The fraction of sp³-hybridized carbons (Fsp3) is 0.333. The smallest absolute Gasteiger partial charge is 0.318 e. The van der Waals surface area contributed by atoms with Gasteiger partial charge in [0.1, 0.15) is 6.04 Å². The van der Waals surface area contributed by atoms with Crippen molar-refractivity contribution >= 4 is 29.4 Å². The van der Waals surface area contributed by atoms with E-state index in [9.17, 15) is 19.2 Å². The van der Waals surface area contributed by atoms with Gasteiger partial charge in [-0.1, -0.05) is 6.07 Å². The van der Waals surface area contributed by atoms with Gasteiger partial charge in [0.15, 0.2) is 0 Å². The molecular formula is C15H16N4O4. The van der Waals surface area contributed by atoms with Crippen molar-refractivity contribution in [3.63, 3.8) is 0 Å². The lowest BCUT2D eigenvalue weighted by atomic mass is 10.0. The van der Waals surface area contributed by atoms with Crippen molar-refractivity contribution in [1.82, 2.24) is 15.5 Å². The molecule has 1 saturated heterocycles. The highest BCUT2D eigenvalue weighted by Gasteiger charge is 2.39. The van der Waals surface area contributed by atoms with Crippen LogP contribution in [0.1, 0.15) is 28.8 Å². The van der Waals surface area contributed by atoms with Crippen LogP contribution in [0.5, 0.6) is 0 Å². The second-order valence-corrected chi connectivity index (χ2v) is 5.44. The normalized spacial score (nSPS) is 20.1. The van der Waals surface area contributed by atoms with Crippen molar-refractivity contribution in [3.8, 4) is 0 Å². The summed E-state index contributed by atoms with van der Waals surface area (Å²) >= 11 is 0. The molecule has 2 heterocycles. The summed E-state index contributed by atoms with van der Waals surface area (Å²) in [7, 11) is 1.50. The number of rotatable bonds is 2. The Labute approximate surface area is 132 Å². The van der Waals surface area contributed by atoms with Gasteiger partial charge in [-0.3, -0.25) is 19.7 Å². The minimum absolute atomic E-state index is 0.208. The molecule has 0 aliphatic carbocycles. The number of hydrogen-bond donors (Lipinski definition) is 3. The predicted octanol–water partition coefficient (Wildman–Crippen LogP) is 0.199. The Morgan fingerprint density at radius 2 is 2.09 bits per heavy atom. The number of nitrogens with one attached hydrogen (secondary N) is 3. The van der Waals surface area contributed by atoms with Crippen LogP contribution in [-0.2, 0) is 16.1 Å². The molecular weight excluding hydrogens is 300 g/mol. The summed E-state index contributed by atoms with van der Waals surface area (Å²) in [5.41, 5.74) is 1.67. The number of imide groups is 1. The molecule has 8 nitrogen and oxygen atoms in total. The number of nitrogens with zero attached hydrogens (tertiary/aromatic N) is 1. The van der Waals surface area contributed by atoms with E-state index in [1.165, 1.54) is 11.9 Å². The number of benzene rings is 1. The quantitative estimate of drug-likeness (QED) is 0.677. The maximum atomic E-state index is 12.6. The highest BCUT2D eigenvalue weighted by atomic mass is 16.2. The van der Waals surface area contributed by atoms with E-state index in [1.54, 1.807) is 18.2 Å². The Kier molecular flexibility index (Phi) is 3.73. The first-order valence-electron chi connectivity index (χ1n) is 7.26. The van der Waals surface area contributed by atoms with Gasteiger partial charge in [0, 0.05) is 36.8 Å². The lowest BCUT2D eigenvalue weighted by Crippen LogP contribution is -2.52. The van der Waals surface area contributed by atoms with Gasteiger partial charge in [0.05, 0.1) is 0 Å². The third-order valence-corrected chi connectivity index (χ3v) is 4.06. The molecule has 1 aromatic carbocycles. The van der Waals surface area contributed by atoms with Crippen LogP contribution in [0.25, 0.3) is 0 Å². The van der Waals surface area contributed by atoms with Gasteiger partial charge in [-0.25, -0.2) is 4.79 Å². The van der Waals surface area contributed by atoms with Gasteiger partial charge in [-0.05, 0) is 18.6 Å². The molecule has 1 atom stereocenters. The van der Waals surface area contributed by atoms with Crippen molar-refractivity contribution < 1.29 is 19.2 Å². The summed E-state index contributed by atoms with van der Waals surface area (Å²) in [4.78, 5) is 48.8. The van der Waals surface area contributed by atoms with Crippen LogP contribution in [0.2, 0.25) is 0 Å². The molecule has 0 aromatic heterocycles. The van der Waals surface area contributed by atoms with E-state index in [0.29, 0.717) is 23.2 Å². The van der Waals surface area contributed by atoms with Crippen LogP contribution in [0.15, 0.2) is 18.2 Å². The third-order valence-electron chi connectivity index (χ3n) is 4.06. The van der Waals surface area contributed by atoms with Crippen LogP contribution < -0.4 is 16.0 Å². The van der Waals surface area contributed by atoms with Gasteiger partial charge < -0.3 is 15.5 Å². The number of carbonyl (C=O) groups is 4. The van der Waals surface area contributed by atoms with E-state index in [0.717, 1.165) is 0 Å². The first-order chi connectivity index (χ1) is 11.0. The maximum Gasteiger partial charge on any atom is 0.318 e. The first-order valence-corrected chi connectivity index (χ1v) is 7.26. The molecule has 2 aliphatic rings. The molecule has 1 unspecified atom stereocenters. The molecule has 2 aliphatic heterocycles. The Bertz CT molecular complexity index is 715. The first kappa shape index (κ1) is 15.0. The highest BCUT2D eigenvalue weighted by molar-refractivity contribution is 6.06. The largest absolute Gasteiger partial charge is 0.341 e. The van der Waals surface area contributed by atoms with Crippen LogP contribution in [0.4, 0.5) is 10.5 Å². The summed E-state index contributed by atoms with van der Waals surface area (Å²) < 4.78 is 0. The maximum absolute atomic E-state index is 12.6. The molecule has 8 heteroatoms. The minimum atomic E-state index is -0.666. The van der Waals surface area contributed by atoms with Crippen LogP contribution in [-0.4, -0.2) is 41.7 Å². The van der Waals surface area contributed by atoms with E-state index in [1.807, 2.05) is 0 Å². The van der Waals surface area contributed by atoms with Crippen molar-refractivity contribution in [2.75, 3.05) is 12.4 Å². The summed E-state index contributed by atoms with van der Waals surface area (Å²) in [5, 5.41) is 7.38. The zero-order valence-electron chi connectivity index (χ0n) is 12.5.